The van der Waals surface area contributed by atoms with Crippen LogP contribution in [0.5, 0.6) is 11.5 Å². The molecular formula is C18H26O8. The summed E-state index contributed by atoms with van der Waals surface area (Å²) in [7, 11) is 2.90. The first-order valence-corrected chi connectivity index (χ1v) is 8.49. The monoisotopic (exact) mass is 370 g/mol. The van der Waals surface area contributed by atoms with Gasteiger partial charge in [-0.15, -0.1) is 0 Å². The van der Waals surface area contributed by atoms with Crippen LogP contribution < -0.4 is 9.47 Å². The first-order chi connectivity index (χ1) is 12.5. The fraction of sp³-hybridized carbons (Fsp3) is 0.556. The molecule has 146 valence electrons. The Hall–Kier alpha value is -2.48. The van der Waals surface area contributed by atoms with Crippen molar-refractivity contribution in [3.05, 3.63) is 23.8 Å². The van der Waals surface area contributed by atoms with Crippen molar-refractivity contribution >= 4 is 12.1 Å². The van der Waals surface area contributed by atoms with Crippen molar-refractivity contribution in [2.45, 2.75) is 39.5 Å². The van der Waals surface area contributed by atoms with Crippen LogP contribution in [0.15, 0.2) is 18.2 Å². The SMILES string of the molecule is CCCCC(CC)COC(=O)OOOC(=O)c1cc(OC)cc(OC)c1. The van der Waals surface area contributed by atoms with Crippen LogP contribution in [0.1, 0.15) is 49.9 Å². The van der Waals surface area contributed by atoms with Gasteiger partial charge in [-0.1, -0.05) is 33.1 Å². The van der Waals surface area contributed by atoms with Crippen LogP contribution in [0.3, 0.4) is 0 Å². The average molecular weight is 370 g/mol. The molecule has 0 aliphatic rings. The fourth-order valence-corrected chi connectivity index (χ4v) is 2.16. The Morgan fingerprint density at radius 3 is 2.19 bits per heavy atom. The Balaban J connectivity index is 2.40. The average Bonchev–Trinajstić information content (AvgIpc) is 2.67. The van der Waals surface area contributed by atoms with E-state index in [1.807, 2.05) is 6.92 Å². The molecule has 1 unspecified atom stereocenters. The molecule has 0 radical (unpaired) electrons. The van der Waals surface area contributed by atoms with E-state index in [1.165, 1.54) is 26.4 Å². The van der Waals surface area contributed by atoms with Gasteiger partial charge in [-0.25, -0.2) is 14.5 Å². The number of ether oxygens (including phenoxy) is 3. The highest BCUT2D eigenvalue weighted by Gasteiger charge is 2.16. The molecule has 1 aromatic carbocycles. The summed E-state index contributed by atoms with van der Waals surface area (Å²) in [6, 6.07) is 4.44. The summed E-state index contributed by atoms with van der Waals surface area (Å²) in [6.45, 7) is 4.34. The predicted octanol–water partition coefficient (Wildman–Crippen LogP) is 4.08. The van der Waals surface area contributed by atoms with E-state index in [0.29, 0.717) is 11.5 Å². The highest BCUT2D eigenvalue weighted by Crippen LogP contribution is 2.23. The molecule has 0 aliphatic heterocycles. The van der Waals surface area contributed by atoms with Crippen molar-refractivity contribution in [3.63, 3.8) is 0 Å². The Kier molecular flexibility index (Phi) is 9.93. The minimum Gasteiger partial charge on any atom is -0.497 e. The van der Waals surface area contributed by atoms with Crippen molar-refractivity contribution < 1.29 is 38.6 Å². The molecule has 1 rings (SSSR count). The van der Waals surface area contributed by atoms with Crippen molar-refractivity contribution in [1.82, 2.24) is 0 Å². The Morgan fingerprint density at radius 1 is 1.00 bits per heavy atom. The van der Waals surface area contributed by atoms with Gasteiger partial charge in [-0.2, -0.15) is 0 Å². The normalized spacial score (nSPS) is 11.4. The summed E-state index contributed by atoms with van der Waals surface area (Å²) >= 11 is 0. The van der Waals surface area contributed by atoms with Gasteiger partial charge in [-0.3, -0.25) is 4.89 Å². The van der Waals surface area contributed by atoms with Gasteiger partial charge in [0.1, 0.15) is 11.5 Å². The third-order valence-corrected chi connectivity index (χ3v) is 3.78. The Labute approximate surface area is 153 Å². The molecule has 0 N–H and O–H groups in total. The molecule has 0 fully saturated rings. The van der Waals surface area contributed by atoms with Gasteiger partial charge in [0.25, 0.3) is 0 Å². The quantitative estimate of drug-likeness (QED) is 0.327. The number of methoxy groups -OCH3 is 2. The van der Waals surface area contributed by atoms with Crippen LogP contribution in [-0.4, -0.2) is 33.0 Å². The van der Waals surface area contributed by atoms with E-state index >= 15 is 0 Å². The van der Waals surface area contributed by atoms with Gasteiger partial charge in [0, 0.05) is 6.07 Å². The Morgan fingerprint density at radius 2 is 1.65 bits per heavy atom. The van der Waals surface area contributed by atoms with E-state index in [0.717, 1.165) is 25.7 Å². The van der Waals surface area contributed by atoms with Gasteiger partial charge < -0.3 is 14.2 Å². The van der Waals surface area contributed by atoms with Crippen LogP contribution in [-0.2, 0) is 19.6 Å². The molecule has 8 heteroatoms. The van der Waals surface area contributed by atoms with E-state index in [9.17, 15) is 9.59 Å². The molecular weight excluding hydrogens is 344 g/mol. The maximum absolute atomic E-state index is 11.9. The lowest BCUT2D eigenvalue weighted by molar-refractivity contribution is -0.452. The molecule has 0 aromatic heterocycles. The van der Waals surface area contributed by atoms with E-state index in [-0.39, 0.29) is 18.1 Å². The summed E-state index contributed by atoms with van der Waals surface area (Å²) in [5, 5.41) is 4.20. The van der Waals surface area contributed by atoms with E-state index in [4.69, 9.17) is 14.2 Å². The Bertz CT molecular complexity index is 550. The number of unbranched alkanes of at least 4 members (excludes halogenated alkanes) is 1. The second kappa shape index (κ2) is 12.0. The minimum atomic E-state index is -1.07. The van der Waals surface area contributed by atoms with E-state index in [1.54, 1.807) is 6.07 Å². The first-order valence-electron chi connectivity index (χ1n) is 8.49. The third kappa shape index (κ3) is 7.60. The van der Waals surface area contributed by atoms with Crippen molar-refractivity contribution in [2.75, 3.05) is 20.8 Å². The minimum absolute atomic E-state index is 0.101. The summed E-state index contributed by atoms with van der Waals surface area (Å²) in [4.78, 5) is 32.1. The number of hydrogen-bond donors (Lipinski definition) is 0. The standard InChI is InChI=1S/C18H26O8/c1-5-7-8-13(6-2)12-23-18(20)25-26-24-17(19)14-9-15(21-3)11-16(10-14)22-4/h9-11,13H,5-8,12H2,1-4H3. The highest BCUT2D eigenvalue weighted by molar-refractivity contribution is 5.90. The van der Waals surface area contributed by atoms with Crippen molar-refractivity contribution in [3.8, 4) is 11.5 Å². The first kappa shape index (κ1) is 21.6. The van der Waals surface area contributed by atoms with Crippen molar-refractivity contribution in [1.29, 1.82) is 0 Å². The largest absolute Gasteiger partial charge is 0.543 e. The zero-order valence-corrected chi connectivity index (χ0v) is 15.6. The zero-order valence-electron chi connectivity index (χ0n) is 15.6. The number of hydrogen-bond acceptors (Lipinski definition) is 8. The molecule has 26 heavy (non-hydrogen) atoms. The van der Waals surface area contributed by atoms with Crippen LogP contribution >= 0.6 is 0 Å². The van der Waals surface area contributed by atoms with Gasteiger partial charge in [0.05, 0.1) is 31.4 Å². The molecule has 0 saturated carbocycles. The van der Waals surface area contributed by atoms with E-state index < -0.39 is 12.1 Å². The van der Waals surface area contributed by atoms with E-state index in [2.05, 4.69) is 21.7 Å². The van der Waals surface area contributed by atoms with Crippen LogP contribution in [0.25, 0.3) is 0 Å². The molecule has 1 aromatic rings. The molecule has 0 spiro atoms. The molecule has 0 aliphatic carbocycles. The molecule has 0 amide bonds. The van der Waals surface area contributed by atoms with Gasteiger partial charge in [-0.05, 0) is 24.5 Å². The maximum Gasteiger partial charge on any atom is 0.543 e. The summed E-state index contributed by atoms with van der Waals surface area (Å²) in [6.07, 6.45) is 2.93. The summed E-state index contributed by atoms with van der Waals surface area (Å²) < 4.78 is 15.0. The smallest absolute Gasteiger partial charge is 0.497 e. The molecule has 1 atom stereocenters. The van der Waals surface area contributed by atoms with Gasteiger partial charge >= 0.3 is 12.1 Å². The van der Waals surface area contributed by atoms with Gasteiger partial charge in [0.2, 0.25) is 0 Å². The molecule has 0 bridgehead atoms. The second-order valence-corrected chi connectivity index (χ2v) is 5.60. The highest BCUT2D eigenvalue weighted by atomic mass is 17.5. The topological polar surface area (TPSA) is 89.5 Å². The zero-order chi connectivity index (χ0) is 19.4. The predicted molar refractivity (Wildman–Crippen MR) is 91.8 cm³/mol. The number of rotatable bonds is 11. The number of carbonyl (C=O) groups is 2. The van der Waals surface area contributed by atoms with Crippen LogP contribution in [0, 0.1) is 5.92 Å². The lowest BCUT2D eigenvalue weighted by Crippen LogP contribution is -2.16. The molecule has 0 saturated heterocycles. The number of benzene rings is 1. The molecule has 0 heterocycles. The lowest BCUT2D eigenvalue weighted by Gasteiger charge is -2.13. The van der Waals surface area contributed by atoms with Gasteiger partial charge in [0.15, 0.2) is 0 Å². The lowest BCUT2D eigenvalue weighted by atomic mass is 10.0. The van der Waals surface area contributed by atoms with Crippen LogP contribution in [0.4, 0.5) is 4.79 Å². The summed E-state index contributed by atoms with van der Waals surface area (Å²) in [5.41, 5.74) is 0.101. The van der Waals surface area contributed by atoms with Crippen molar-refractivity contribution in [2.24, 2.45) is 5.92 Å². The third-order valence-electron chi connectivity index (χ3n) is 3.78. The number of carbonyl (C=O) groups excluding carboxylic acids is 2. The van der Waals surface area contributed by atoms with Crippen LogP contribution in [0.2, 0.25) is 0 Å². The fourth-order valence-electron chi connectivity index (χ4n) is 2.16. The maximum atomic E-state index is 11.9. The molecule has 8 nitrogen and oxygen atoms in total. The second-order valence-electron chi connectivity index (χ2n) is 5.60. The summed E-state index contributed by atoms with van der Waals surface area (Å²) in [5.74, 6) is 0.169.